The Morgan fingerprint density at radius 1 is 1.03 bits per heavy atom. The molecule has 0 bridgehead atoms. The SMILES string of the molecule is CC1CCOC(CCN2CCC(N(Cc3ccc(F)cc3)C(=O)Cc3ccc(OC(F)(F)F)cc3)CC2)O1. The average Bonchev–Trinajstić information content (AvgIpc) is 2.88. The predicted molar refractivity (Wildman–Crippen MR) is 133 cm³/mol. The fourth-order valence-corrected chi connectivity index (χ4v) is 4.92. The summed E-state index contributed by atoms with van der Waals surface area (Å²) in [5, 5.41) is 0. The summed E-state index contributed by atoms with van der Waals surface area (Å²) in [4.78, 5) is 17.6. The second-order valence-corrected chi connectivity index (χ2v) is 9.91. The molecule has 6 nitrogen and oxygen atoms in total. The lowest BCUT2D eigenvalue weighted by atomic mass is 10.0. The monoisotopic (exact) mass is 538 g/mol. The number of alkyl halides is 3. The number of piperidine rings is 1. The Balaban J connectivity index is 1.36. The molecular formula is C28H34F4N2O4. The molecule has 208 valence electrons. The van der Waals surface area contributed by atoms with Crippen molar-refractivity contribution < 1.29 is 36.6 Å². The maximum Gasteiger partial charge on any atom is 0.573 e. The van der Waals surface area contributed by atoms with E-state index in [-0.39, 0.29) is 42.3 Å². The molecule has 2 aromatic rings. The van der Waals surface area contributed by atoms with Crippen molar-refractivity contribution in [3.05, 3.63) is 65.5 Å². The first-order chi connectivity index (χ1) is 18.1. The van der Waals surface area contributed by atoms with E-state index >= 15 is 0 Å². The first kappa shape index (κ1) is 28.3. The molecule has 4 rings (SSSR count). The molecule has 2 heterocycles. The van der Waals surface area contributed by atoms with Crippen LogP contribution < -0.4 is 4.74 Å². The van der Waals surface area contributed by atoms with Gasteiger partial charge in [0.25, 0.3) is 0 Å². The Hall–Kier alpha value is -2.69. The number of nitrogens with zero attached hydrogens (tertiary/aromatic N) is 2. The van der Waals surface area contributed by atoms with Crippen LogP contribution >= 0.6 is 0 Å². The largest absolute Gasteiger partial charge is 0.573 e. The van der Waals surface area contributed by atoms with Crippen LogP contribution in [0.15, 0.2) is 48.5 Å². The number of carbonyl (C=O) groups is 1. The molecule has 2 saturated heterocycles. The standard InChI is InChI=1S/C28H34F4N2O4/c1-20-13-17-36-27(37-20)12-16-33-14-10-24(11-15-33)34(19-22-2-6-23(29)7-3-22)26(35)18-21-4-8-25(9-5-21)38-28(30,31)32/h2-9,20,24,27H,10-19H2,1H3. The van der Waals surface area contributed by atoms with Crippen molar-refractivity contribution in [3.8, 4) is 5.75 Å². The molecule has 2 aliphatic rings. The van der Waals surface area contributed by atoms with E-state index in [0.717, 1.165) is 50.9 Å². The summed E-state index contributed by atoms with van der Waals surface area (Å²) in [7, 11) is 0. The zero-order valence-corrected chi connectivity index (χ0v) is 21.5. The van der Waals surface area contributed by atoms with E-state index in [1.165, 1.54) is 36.4 Å². The highest BCUT2D eigenvalue weighted by Gasteiger charge is 2.31. The van der Waals surface area contributed by atoms with Crippen molar-refractivity contribution in [3.63, 3.8) is 0 Å². The fraction of sp³-hybridized carbons (Fsp3) is 0.536. The lowest BCUT2D eigenvalue weighted by Gasteiger charge is -2.39. The van der Waals surface area contributed by atoms with Crippen LogP contribution in [0.2, 0.25) is 0 Å². The summed E-state index contributed by atoms with van der Waals surface area (Å²) in [6, 6.07) is 11.4. The van der Waals surface area contributed by atoms with Crippen molar-refractivity contribution in [2.75, 3.05) is 26.2 Å². The Labute approximate surface area is 220 Å². The molecule has 2 unspecified atom stereocenters. The number of carbonyl (C=O) groups excluding carboxylic acids is 1. The summed E-state index contributed by atoms with van der Waals surface area (Å²) in [5.41, 5.74) is 1.41. The first-order valence-corrected chi connectivity index (χ1v) is 13.0. The lowest BCUT2D eigenvalue weighted by Crippen LogP contribution is -2.48. The van der Waals surface area contributed by atoms with E-state index in [9.17, 15) is 22.4 Å². The van der Waals surface area contributed by atoms with Gasteiger partial charge in [0, 0.05) is 38.6 Å². The maximum atomic E-state index is 13.4. The van der Waals surface area contributed by atoms with Gasteiger partial charge in [0.15, 0.2) is 6.29 Å². The van der Waals surface area contributed by atoms with Crippen LogP contribution in [0.4, 0.5) is 17.6 Å². The predicted octanol–water partition coefficient (Wildman–Crippen LogP) is 5.30. The summed E-state index contributed by atoms with van der Waals surface area (Å²) in [6.45, 7) is 5.60. The van der Waals surface area contributed by atoms with Gasteiger partial charge in [-0.05, 0) is 61.6 Å². The maximum absolute atomic E-state index is 13.4. The van der Waals surface area contributed by atoms with E-state index in [0.29, 0.717) is 18.7 Å². The number of amides is 1. The van der Waals surface area contributed by atoms with Crippen LogP contribution in [0.1, 0.15) is 43.7 Å². The van der Waals surface area contributed by atoms with Gasteiger partial charge >= 0.3 is 6.36 Å². The summed E-state index contributed by atoms with van der Waals surface area (Å²) in [6.07, 6.45) is -1.43. The Morgan fingerprint density at radius 2 is 1.68 bits per heavy atom. The second kappa shape index (κ2) is 12.9. The Bertz CT molecular complexity index is 1020. The van der Waals surface area contributed by atoms with Gasteiger partial charge in [-0.2, -0.15) is 0 Å². The van der Waals surface area contributed by atoms with Crippen LogP contribution in [-0.4, -0.2) is 66.7 Å². The number of likely N-dealkylation sites (tertiary alicyclic amines) is 1. The van der Waals surface area contributed by atoms with Crippen molar-refractivity contribution in [1.82, 2.24) is 9.80 Å². The number of ether oxygens (including phenoxy) is 3. The minimum atomic E-state index is -4.77. The molecule has 0 saturated carbocycles. The molecule has 10 heteroatoms. The zero-order chi connectivity index (χ0) is 27.1. The molecule has 2 aromatic carbocycles. The fourth-order valence-electron chi connectivity index (χ4n) is 4.92. The van der Waals surface area contributed by atoms with Gasteiger partial charge in [-0.1, -0.05) is 24.3 Å². The molecule has 0 spiro atoms. The van der Waals surface area contributed by atoms with Crippen molar-refractivity contribution in [2.24, 2.45) is 0 Å². The van der Waals surface area contributed by atoms with Gasteiger partial charge in [0.2, 0.25) is 5.91 Å². The van der Waals surface area contributed by atoms with Gasteiger partial charge in [-0.15, -0.1) is 13.2 Å². The van der Waals surface area contributed by atoms with E-state index < -0.39 is 6.36 Å². The number of benzene rings is 2. The third-order valence-corrected chi connectivity index (χ3v) is 6.99. The zero-order valence-electron chi connectivity index (χ0n) is 21.5. The number of rotatable bonds is 9. The van der Waals surface area contributed by atoms with Gasteiger partial charge < -0.3 is 24.0 Å². The molecular weight excluding hydrogens is 504 g/mol. The molecule has 0 aliphatic carbocycles. The van der Waals surface area contributed by atoms with E-state index in [2.05, 4.69) is 16.6 Å². The summed E-state index contributed by atoms with van der Waals surface area (Å²) < 4.78 is 66.3. The number of halogens is 4. The normalized spacial score (nSPS) is 21.3. The summed E-state index contributed by atoms with van der Waals surface area (Å²) >= 11 is 0. The average molecular weight is 539 g/mol. The molecule has 0 aromatic heterocycles. The van der Waals surface area contributed by atoms with E-state index in [1.807, 2.05) is 4.90 Å². The molecule has 2 atom stereocenters. The topological polar surface area (TPSA) is 51.2 Å². The quantitative estimate of drug-likeness (QED) is 0.406. The highest BCUT2D eigenvalue weighted by atomic mass is 19.4. The highest BCUT2D eigenvalue weighted by molar-refractivity contribution is 5.79. The lowest BCUT2D eigenvalue weighted by molar-refractivity contribution is -0.274. The minimum absolute atomic E-state index is 0.00107. The van der Waals surface area contributed by atoms with Gasteiger partial charge in [-0.3, -0.25) is 4.79 Å². The highest BCUT2D eigenvalue weighted by Crippen LogP contribution is 2.25. The summed E-state index contributed by atoms with van der Waals surface area (Å²) in [5.74, 6) is -0.806. The van der Waals surface area contributed by atoms with Gasteiger partial charge in [0.1, 0.15) is 11.6 Å². The molecule has 0 N–H and O–H groups in total. The van der Waals surface area contributed by atoms with Crippen molar-refractivity contribution in [1.29, 1.82) is 0 Å². The van der Waals surface area contributed by atoms with Crippen LogP contribution in [0.5, 0.6) is 5.75 Å². The van der Waals surface area contributed by atoms with Gasteiger partial charge in [-0.25, -0.2) is 4.39 Å². The third kappa shape index (κ3) is 8.68. The molecule has 2 fully saturated rings. The number of hydrogen-bond acceptors (Lipinski definition) is 5. The first-order valence-electron chi connectivity index (χ1n) is 13.0. The van der Waals surface area contributed by atoms with Gasteiger partial charge in [0.05, 0.1) is 19.1 Å². The van der Waals surface area contributed by atoms with Crippen LogP contribution in [0, 0.1) is 5.82 Å². The van der Waals surface area contributed by atoms with Crippen LogP contribution in [0.3, 0.4) is 0 Å². The van der Waals surface area contributed by atoms with E-state index in [1.54, 1.807) is 12.1 Å². The smallest absolute Gasteiger partial charge is 0.406 e. The molecule has 0 radical (unpaired) electrons. The Kier molecular flexibility index (Phi) is 9.62. The van der Waals surface area contributed by atoms with Crippen LogP contribution in [0.25, 0.3) is 0 Å². The molecule has 38 heavy (non-hydrogen) atoms. The number of hydrogen-bond donors (Lipinski definition) is 0. The van der Waals surface area contributed by atoms with Crippen LogP contribution in [-0.2, 0) is 27.2 Å². The van der Waals surface area contributed by atoms with Crippen molar-refractivity contribution in [2.45, 2.75) is 70.4 Å². The third-order valence-electron chi connectivity index (χ3n) is 6.99. The second-order valence-electron chi connectivity index (χ2n) is 9.91. The minimum Gasteiger partial charge on any atom is -0.406 e. The Morgan fingerprint density at radius 3 is 2.32 bits per heavy atom. The molecule has 2 aliphatic heterocycles. The van der Waals surface area contributed by atoms with Crippen molar-refractivity contribution >= 4 is 5.91 Å². The molecule has 1 amide bonds. The van der Waals surface area contributed by atoms with E-state index in [4.69, 9.17) is 9.47 Å².